The van der Waals surface area contributed by atoms with Crippen molar-refractivity contribution in [1.82, 2.24) is 5.32 Å². The van der Waals surface area contributed by atoms with Crippen molar-refractivity contribution in [3.8, 4) is 0 Å². The van der Waals surface area contributed by atoms with Gasteiger partial charge < -0.3 is 5.32 Å². The van der Waals surface area contributed by atoms with Crippen LogP contribution in [0.15, 0.2) is 34.8 Å². The molecule has 21 heavy (non-hydrogen) atoms. The van der Waals surface area contributed by atoms with Crippen LogP contribution in [-0.2, 0) is 0 Å². The first-order chi connectivity index (χ1) is 9.95. The molecule has 0 saturated heterocycles. The molecule has 0 heterocycles. The summed E-state index contributed by atoms with van der Waals surface area (Å²) in [5.41, 5.74) is 8.25. The Balaban J connectivity index is 2.64. The zero-order valence-electron chi connectivity index (χ0n) is 13.5. The average molecular weight is 346 g/mol. The molecule has 2 aromatic carbocycles. The minimum absolute atomic E-state index is 0.242. The second-order valence-electron chi connectivity index (χ2n) is 5.72. The van der Waals surface area contributed by atoms with Crippen molar-refractivity contribution < 1.29 is 0 Å². The van der Waals surface area contributed by atoms with E-state index in [0.717, 1.165) is 11.0 Å². The van der Waals surface area contributed by atoms with Crippen LogP contribution in [0, 0.1) is 27.7 Å². The first-order valence-corrected chi connectivity index (χ1v) is 8.31. The molecule has 0 bridgehead atoms. The summed E-state index contributed by atoms with van der Waals surface area (Å²) >= 11 is 3.59. The zero-order chi connectivity index (χ0) is 15.6. The lowest BCUT2D eigenvalue weighted by Crippen LogP contribution is -2.24. The summed E-state index contributed by atoms with van der Waals surface area (Å²) < 4.78 is 1.13. The van der Waals surface area contributed by atoms with Crippen molar-refractivity contribution in [2.75, 3.05) is 6.54 Å². The van der Waals surface area contributed by atoms with Gasteiger partial charge in [0.05, 0.1) is 6.04 Å². The molecule has 112 valence electrons. The molecule has 0 aliphatic rings. The molecule has 0 radical (unpaired) electrons. The van der Waals surface area contributed by atoms with Crippen LogP contribution >= 0.6 is 15.9 Å². The quantitative estimate of drug-likeness (QED) is 0.783. The molecule has 0 amide bonds. The standard InChI is InChI=1S/C19H24BrN/c1-6-21-19(16-8-7-9-17(20)11-16)18-14(4)12(2)10-13(3)15(18)5/h7-11,19,21H,6H2,1-5H3. The van der Waals surface area contributed by atoms with Crippen LogP contribution in [0.4, 0.5) is 0 Å². The summed E-state index contributed by atoms with van der Waals surface area (Å²) in [5.74, 6) is 0. The number of nitrogens with one attached hydrogen (secondary N) is 1. The third kappa shape index (κ3) is 3.38. The molecular weight excluding hydrogens is 322 g/mol. The summed E-state index contributed by atoms with van der Waals surface area (Å²) in [4.78, 5) is 0. The maximum Gasteiger partial charge on any atom is 0.0582 e. The largest absolute Gasteiger partial charge is 0.307 e. The highest BCUT2D eigenvalue weighted by Crippen LogP contribution is 2.32. The number of hydrogen-bond donors (Lipinski definition) is 1. The molecule has 0 spiro atoms. The van der Waals surface area contributed by atoms with Crippen molar-refractivity contribution in [2.45, 2.75) is 40.7 Å². The summed E-state index contributed by atoms with van der Waals surface area (Å²) in [6.45, 7) is 12.0. The fourth-order valence-electron chi connectivity index (χ4n) is 2.96. The monoisotopic (exact) mass is 345 g/mol. The van der Waals surface area contributed by atoms with E-state index in [1.54, 1.807) is 0 Å². The maximum absolute atomic E-state index is 3.66. The first-order valence-electron chi connectivity index (χ1n) is 7.51. The Labute approximate surface area is 136 Å². The van der Waals surface area contributed by atoms with Crippen LogP contribution in [-0.4, -0.2) is 6.54 Å². The molecule has 2 aromatic rings. The molecule has 2 rings (SSSR count). The number of hydrogen-bond acceptors (Lipinski definition) is 1. The minimum Gasteiger partial charge on any atom is -0.307 e. The Morgan fingerprint density at radius 3 is 2.14 bits per heavy atom. The fourth-order valence-corrected chi connectivity index (χ4v) is 3.37. The minimum atomic E-state index is 0.242. The topological polar surface area (TPSA) is 12.0 Å². The zero-order valence-corrected chi connectivity index (χ0v) is 15.1. The van der Waals surface area contributed by atoms with Gasteiger partial charge in [0.1, 0.15) is 0 Å². The number of halogens is 1. The lowest BCUT2D eigenvalue weighted by atomic mass is 9.86. The van der Waals surface area contributed by atoms with Gasteiger partial charge >= 0.3 is 0 Å². The predicted molar refractivity (Wildman–Crippen MR) is 95.1 cm³/mol. The van der Waals surface area contributed by atoms with Crippen molar-refractivity contribution in [3.63, 3.8) is 0 Å². The lowest BCUT2D eigenvalue weighted by Gasteiger charge is -2.25. The maximum atomic E-state index is 3.66. The van der Waals surface area contributed by atoms with Gasteiger partial charge in [0, 0.05) is 4.47 Å². The SMILES string of the molecule is CCNC(c1cccc(Br)c1)c1c(C)c(C)cc(C)c1C. The summed E-state index contributed by atoms with van der Waals surface area (Å²) in [6, 6.07) is 11.1. The highest BCUT2D eigenvalue weighted by molar-refractivity contribution is 9.10. The van der Waals surface area contributed by atoms with Gasteiger partial charge in [0.2, 0.25) is 0 Å². The second-order valence-corrected chi connectivity index (χ2v) is 6.64. The van der Waals surface area contributed by atoms with E-state index in [-0.39, 0.29) is 6.04 Å². The molecule has 0 saturated carbocycles. The molecular formula is C19H24BrN. The average Bonchev–Trinajstić information content (AvgIpc) is 2.44. The van der Waals surface area contributed by atoms with E-state index in [1.165, 1.54) is 33.4 Å². The van der Waals surface area contributed by atoms with E-state index >= 15 is 0 Å². The summed E-state index contributed by atoms with van der Waals surface area (Å²) in [6.07, 6.45) is 0. The van der Waals surface area contributed by atoms with Crippen LogP contribution in [0.2, 0.25) is 0 Å². The van der Waals surface area contributed by atoms with Gasteiger partial charge in [-0.1, -0.05) is 41.1 Å². The van der Waals surface area contributed by atoms with E-state index in [2.05, 4.69) is 86.2 Å². The lowest BCUT2D eigenvalue weighted by molar-refractivity contribution is 0.623. The van der Waals surface area contributed by atoms with Gasteiger partial charge in [-0.2, -0.15) is 0 Å². The van der Waals surface area contributed by atoms with Crippen LogP contribution in [0.1, 0.15) is 46.3 Å². The smallest absolute Gasteiger partial charge is 0.0582 e. The molecule has 1 atom stereocenters. The third-order valence-electron chi connectivity index (χ3n) is 4.30. The van der Waals surface area contributed by atoms with Crippen LogP contribution in [0.3, 0.4) is 0 Å². The van der Waals surface area contributed by atoms with Gasteiger partial charge in [-0.15, -0.1) is 0 Å². The Bertz CT molecular complexity index is 620. The van der Waals surface area contributed by atoms with Crippen LogP contribution in [0.5, 0.6) is 0 Å². The van der Waals surface area contributed by atoms with E-state index in [0.29, 0.717) is 0 Å². The summed E-state index contributed by atoms with van der Waals surface area (Å²) in [7, 11) is 0. The molecule has 2 heteroatoms. The Kier molecular flexibility index (Phi) is 5.23. The molecule has 0 aliphatic carbocycles. The number of aryl methyl sites for hydroxylation is 2. The van der Waals surface area contributed by atoms with Gasteiger partial charge in [-0.25, -0.2) is 0 Å². The second kappa shape index (κ2) is 6.76. The van der Waals surface area contributed by atoms with E-state index in [9.17, 15) is 0 Å². The van der Waals surface area contributed by atoms with Gasteiger partial charge in [0.15, 0.2) is 0 Å². The highest BCUT2D eigenvalue weighted by atomic mass is 79.9. The van der Waals surface area contributed by atoms with Crippen molar-refractivity contribution >= 4 is 15.9 Å². The van der Waals surface area contributed by atoms with Crippen molar-refractivity contribution in [3.05, 3.63) is 68.2 Å². The van der Waals surface area contributed by atoms with E-state index in [4.69, 9.17) is 0 Å². The molecule has 0 aliphatic heterocycles. The van der Waals surface area contributed by atoms with Gasteiger partial charge in [-0.3, -0.25) is 0 Å². The van der Waals surface area contributed by atoms with Crippen LogP contribution < -0.4 is 5.32 Å². The normalized spacial score (nSPS) is 12.5. The van der Waals surface area contributed by atoms with Crippen molar-refractivity contribution in [2.24, 2.45) is 0 Å². The van der Waals surface area contributed by atoms with Gasteiger partial charge in [0.25, 0.3) is 0 Å². The number of benzene rings is 2. The Morgan fingerprint density at radius 2 is 1.62 bits per heavy atom. The highest BCUT2D eigenvalue weighted by Gasteiger charge is 2.19. The van der Waals surface area contributed by atoms with E-state index < -0.39 is 0 Å². The predicted octanol–water partition coefficient (Wildman–Crippen LogP) is 5.38. The molecule has 1 nitrogen and oxygen atoms in total. The van der Waals surface area contributed by atoms with Crippen LogP contribution in [0.25, 0.3) is 0 Å². The Hall–Kier alpha value is -1.12. The molecule has 0 fully saturated rings. The van der Waals surface area contributed by atoms with E-state index in [1.807, 2.05) is 0 Å². The fraction of sp³-hybridized carbons (Fsp3) is 0.368. The molecule has 1 N–H and O–H groups in total. The Morgan fingerprint density at radius 1 is 1.00 bits per heavy atom. The third-order valence-corrected chi connectivity index (χ3v) is 4.80. The van der Waals surface area contributed by atoms with Gasteiger partial charge in [-0.05, 0) is 79.8 Å². The molecule has 0 aromatic heterocycles. The summed E-state index contributed by atoms with van der Waals surface area (Å²) in [5, 5.41) is 3.66. The molecule has 1 unspecified atom stereocenters. The number of rotatable bonds is 4. The first kappa shape index (κ1) is 16.3. The van der Waals surface area contributed by atoms with Crippen molar-refractivity contribution in [1.29, 1.82) is 0 Å².